The molecule has 0 unspecified atom stereocenters. The maximum Gasteiger partial charge on any atom is 0.139 e. The Morgan fingerprint density at radius 3 is 1.11 bits per heavy atom. The highest BCUT2D eigenvalue weighted by atomic mass is 16.3. The van der Waals surface area contributed by atoms with E-state index >= 15 is 0 Å². The Morgan fingerprint density at radius 2 is 0.712 bits per heavy atom. The Kier molecular flexibility index (Phi) is 9.85. The fourth-order valence-corrected chi connectivity index (χ4v) is 10.3. The van der Waals surface area contributed by atoms with Crippen molar-refractivity contribution >= 4 is 99.5 Å². The minimum absolute atomic E-state index is 0.420. The molecule has 0 fully saturated rings. The van der Waals surface area contributed by atoms with Crippen LogP contribution in [0.15, 0.2) is 154 Å². The minimum Gasteiger partial charge on any atom is -0.456 e. The number of aryl methyl sites for hydroxylation is 6. The standard InChI is InChI=1S/C62H56N2O2/c1-35(2)43-19-17-37(5)55(29-43)63(61-39(7)13-11-14-40(61)8)49-23-21-45-27-51-53-33-54-52-28-46-22-24-50(26-48(46)32-58(52)66-60(54)34-59(53)65-57(51)31-47(45)25-49)64(62-41(9)15-12-16-42(62)10)56-30-44(36(3)4)20-18-38(56)6/h11-36H,1-10H3. The van der Waals surface area contributed by atoms with Crippen LogP contribution in [0.25, 0.3) is 65.4 Å². The topological polar surface area (TPSA) is 32.8 Å². The van der Waals surface area contributed by atoms with Crippen LogP contribution in [0.4, 0.5) is 34.1 Å². The van der Waals surface area contributed by atoms with Crippen molar-refractivity contribution in [2.24, 2.45) is 0 Å². The first-order chi connectivity index (χ1) is 31.8. The van der Waals surface area contributed by atoms with Gasteiger partial charge in [0.15, 0.2) is 0 Å². The lowest BCUT2D eigenvalue weighted by atomic mass is 9.97. The number of hydrogen-bond acceptors (Lipinski definition) is 4. The molecule has 0 radical (unpaired) electrons. The molecule has 0 atom stereocenters. The number of furan rings is 2. The average molecular weight is 861 g/mol. The van der Waals surface area contributed by atoms with E-state index in [1.807, 2.05) is 0 Å². The lowest BCUT2D eigenvalue weighted by Gasteiger charge is -2.31. The van der Waals surface area contributed by atoms with Crippen LogP contribution in [0, 0.1) is 41.5 Å². The molecule has 0 N–H and O–H groups in total. The van der Waals surface area contributed by atoms with E-state index in [0.29, 0.717) is 11.8 Å². The first-order valence-corrected chi connectivity index (χ1v) is 23.4. The van der Waals surface area contributed by atoms with E-state index in [1.165, 1.54) is 78.0 Å². The van der Waals surface area contributed by atoms with Gasteiger partial charge in [0.2, 0.25) is 0 Å². The second-order valence-electron chi connectivity index (χ2n) is 19.4. The Morgan fingerprint density at radius 1 is 0.333 bits per heavy atom. The summed E-state index contributed by atoms with van der Waals surface area (Å²) < 4.78 is 13.4. The smallest absolute Gasteiger partial charge is 0.139 e. The molecular weight excluding hydrogens is 805 g/mol. The van der Waals surface area contributed by atoms with Crippen molar-refractivity contribution in [3.05, 3.63) is 190 Å². The zero-order valence-electron chi connectivity index (χ0n) is 39.7. The molecule has 0 aliphatic carbocycles. The Hall–Kier alpha value is -7.30. The summed E-state index contributed by atoms with van der Waals surface area (Å²) in [4.78, 5) is 4.90. The lowest BCUT2D eigenvalue weighted by molar-refractivity contribution is 0.656. The van der Waals surface area contributed by atoms with Gasteiger partial charge in [-0.15, -0.1) is 0 Å². The molecule has 11 rings (SSSR count). The number of fused-ring (bicyclic) bond motifs is 8. The van der Waals surface area contributed by atoms with E-state index in [0.717, 1.165) is 66.0 Å². The van der Waals surface area contributed by atoms with Crippen LogP contribution < -0.4 is 9.80 Å². The molecular formula is C62H56N2O2. The second kappa shape index (κ2) is 15.7. The predicted molar refractivity (Wildman–Crippen MR) is 282 cm³/mol. The number of benzene rings is 9. The van der Waals surface area contributed by atoms with E-state index in [9.17, 15) is 0 Å². The molecule has 326 valence electrons. The van der Waals surface area contributed by atoms with Gasteiger partial charge >= 0.3 is 0 Å². The van der Waals surface area contributed by atoms with E-state index in [-0.39, 0.29) is 0 Å². The van der Waals surface area contributed by atoms with Gasteiger partial charge in [0.1, 0.15) is 22.3 Å². The van der Waals surface area contributed by atoms with E-state index in [2.05, 4.69) is 225 Å². The molecule has 0 aliphatic heterocycles. The maximum atomic E-state index is 6.71. The van der Waals surface area contributed by atoms with Gasteiger partial charge in [-0.05, 0) is 186 Å². The molecule has 0 aliphatic rings. The highest BCUT2D eigenvalue weighted by Gasteiger charge is 2.23. The summed E-state index contributed by atoms with van der Waals surface area (Å²) in [5, 5.41) is 8.97. The summed E-state index contributed by atoms with van der Waals surface area (Å²) in [7, 11) is 0. The minimum atomic E-state index is 0.420. The molecule has 11 aromatic rings. The van der Waals surface area contributed by atoms with E-state index < -0.39 is 0 Å². The molecule has 0 amide bonds. The number of anilines is 6. The third kappa shape index (κ3) is 6.81. The van der Waals surface area contributed by atoms with E-state index in [4.69, 9.17) is 8.83 Å². The first-order valence-electron chi connectivity index (χ1n) is 23.4. The van der Waals surface area contributed by atoms with Crippen LogP contribution in [0.5, 0.6) is 0 Å². The van der Waals surface area contributed by atoms with Crippen molar-refractivity contribution in [1.82, 2.24) is 0 Å². The summed E-state index contributed by atoms with van der Waals surface area (Å²) in [5.74, 6) is 0.840. The maximum absolute atomic E-state index is 6.71. The van der Waals surface area contributed by atoms with Crippen molar-refractivity contribution in [2.75, 3.05) is 9.80 Å². The summed E-state index contributed by atoms with van der Waals surface area (Å²) >= 11 is 0. The molecule has 4 heteroatoms. The van der Waals surface area contributed by atoms with Crippen molar-refractivity contribution in [2.45, 2.75) is 81.1 Å². The van der Waals surface area contributed by atoms with Crippen LogP contribution in [-0.2, 0) is 0 Å². The lowest BCUT2D eigenvalue weighted by Crippen LogP contribution is -2.14. The average Bonchev–Trinajstić information content (AvgIpc) is 3.82. The number of nitrogens with zero attached hydrogens (tertiary/aromatic N) is 2. The quantitative estimate of drug-likeness (QED) is 0.152. The third-order valence-corrected chi connectivity index (χ3v) is 14.1. The van der Waals surface area contributed by atoms with Gasteiger partial charge in [-0.2, -0.15) is 0 Å². The zero-order chi connectivity index (χ0) is 45.7. The second-order valence-corrected chi connectivity index (χ2v) is 19.4. The third-order valence-electron chi connectivity index (χ3n) is 14.1. The van der Waals surface area contributed by atoms with Gasteiger partial charge in [-0.1, -0.05) is 100 Å². The number of rotatable bonds is 8. The molecule has 0 bridgehead atoms. The fourth-order valence-electron chi connectivity index (χ4n) is 10.3. The Balaban J connectivity index is 1.02. The monoisotopic (exact) mass is 860 g/mol. The largest absolute Gasteiger partial charge is 0.456 e. The van der Waals surface area contributed by atoms with Crippen molar-refractivity contribution < 1.29 is 8.83 Å². The highest BCUT2D eigenvalue weighted by Crippen LogP contribution is 2.46. The molecule has 4 nitrogen and oxygen atoms in total. The summed E-state index contributed by atoms with van der Waals surface area (Å²) in [6, 6.07) is 54.0. The molecule has 9 aromatic carbocycles. The number of para-hydroxylation sites is 2. The first kappa shape index (κ1) is 41.4. The normalized spacial score (nSPS) is 12.1. The molecule has 0 saturated heterocycles. The van der Waals surface area contributed by atoms with Crippen LogP contribution in [0.2, 0.25) is 0 Å². The van der Waals surface area contributed by atoms with Gasteiger partial charge in [0, 0.05) is 50.4 Å². The van der Waals surface area contributed by atoms with Crippen LogP contribution in [0.3, 0.4) is 0 Å². The van der Waals surface area contributed by atoms with Crippen LogP contribution in [-0.4, -0.2) is 0 Å². The zero-order valence-corrected chi connectivity index (χ0v) is 39.7. The Bertz CT molecular complexity index is 3470. The summed E-state index contributed by atoms with van der Waals surface area (Å²) in [6.45, 7) is 22.3. The predicted octanol–water partition coefficient (Wildman–Crippen LogP) is 18.8. The van der Waals surface area contributed by atoms with Crippen molar-refractivity contribution in [3.63, 3.8) is 0 Å². The summed E-state index contributed by atoms with van der Waals surface area (Å²) in [6.07, 6.45) is 0. The van der Waals surface area contributed by atoms with Gasteiger partial charge in [-0.3, -0.25) is 0 Å². The van der Waals surface area contributed by atoms with Gasteiger partial charge in [0.25, 0.3) is 0 Å². The van der Waals surface area contributed by atoms with Crippen LogP contribution >= 0.6 is 0 Å². The van der Waals surface area contributed by atoms with Crippen molar-refractivity contribution in [3.8, 4) is 0 Å². The van der Waals surface area contributed by atoms with Crippen LogP contribution in [0.1, 0.15) is 84.0 Å². The molecule has 2 aromatic heterocycles. The number of hydrogen-bond donors (Lipinski definition) is 0. The molecule has 0 saturated carbocycles. The Labute approximate surface area is 387 Å². The highest BCUT2D eigenvalue weighted by molar-refractivity contribution is 6.18. The molecule has 66 heavy (non-hydrogen) atoms. The van der Waals surface area contributed by atoms with E-state index in [1.54, 1.807) is 0 Å². The van der Waals surface area contributed by atoms with Crippen molar-refractivity contribution in [1.29, 1.82) is 0 Å². The van der Waals surface area contributed by atoms with Gasteiger partial charge in [-0.25, -0.2) is 0 Å². The SMILES string of the molecule is Cc1ccc(C(C)C)cc1N(c1ccc2cc3c(cc2c1)oc1cc2oc4cc5cc(N(c6cc(C(C)C)ccc6C)c6c(C)cccc6C)ccc5cc4c2cc13)c1c(C)cccc1C. The van der Waals surface area contributed by atoms with Gasteiger partial charge < -0.3 is 18.6 Å². The fraction of sp³-hybridized carbons (Fsp3) is 0.194. The molecule has 2 heterocycles. The van der Waals surface area contributed by atoms with Gasteiger partial charge in [0.05, 0.1) is 11.4 Å². The molecule has 0 spiro atoms. The summed E-state index contributed by atoms with van der Waals surface area (Å²) in [5.41, 5.74) is 20.5.